The van der Waals surface area contributed by atoms with Gasteiger partial charge in [-0.1, -0.05) is 12.1 Å². The van der Waals surface area contributed by atoms with Gasteiger partial charge in [-0.25, -0.2) is 0 Å². The van der Waals surface area contributed by atoms with E-state index in [1.54, 1.807) is 11.1 Å². The number of hydrogen-bond donors (Lipinski definition) is 0. The summed E-state index contributed by atoms with van der Waals surface area (Å²) in [5, 5.41) is 8.79. The molecule has 0 aliphatic heterocycles. The van der Waals surface area contributed by atoms with Gasteiger partial charge >= 0.3 is 0 Å². The topological polar surface area (TPSA) is 56.0 Å². The fourth-order valence-corrected chi connectivity index (χ4v) is 3.35. The molecule has 1 aromatic carbocycles. The SMILES string of the molecule is CCn1nccc1CN(C)C(=O)c1ccc(Cn2nc(C)c(Br)c2C)cc1. The molecule has 0 atom stereocenters. The van der Waals surface area contributed by atoms with E-state index in [0.29, 0.717) is 18.7 Å². The molecule has 142 valence electrons. The normalized spacial score (nSPS) is 11.0. The second-order valence-electron chi connectivity index (χ2n) is 6.64. The van der Waals surface area contributed by atoms with Crippen molar-refractivity contribution in [3.8, 4) is 0 Å². The minimum absolute atomic E-state index is 0.000684. The third-order valence-electron chi connectivity index (χ3n) is 4.68. The van der Waals surface area contributed by atoms with Crippen LogP contribution in [0.2, 0.25) is 0 Å². The van der Waals surface area contributed by atoms with E-state index >= 15 is 0 Å². The summed E-state index contributed by atoms with van der Waals surface area (Å²) in [6, 6.07) is 9.68. The molecular weight excluding hydrogens is 406 g/mol. The maximum Gasteiger partial charge on any atom is 0.253 e. The van der Waals surface area contributed by atoms with E-state index in [1.807, 2.05) is 67.5 Å². The molecule has 0 unspecified atom stereocenters. The number of carbonyl (C=O) groups excluding carboxylic acids is 1. The highest BCUT2D eigenvalue weighted by molar-refractivity contribution is 9.10. The fourth-order valence-electron chi connectivity index (χ4n) is 3.07. The van der Waals surface area contributed by atoms with E-state index in [-0.39, 0.29) is 5.91 Å². The third-order valence-corrected chi connectivity index (χ3v) is 5.82. The molecule has 1 amide bonds. The molecule has 0 saturated heterocycles. The summed E-state index contributed by atoms with van der Waals surface area (Å²) in [5.74, 6) is -0.000684. The van der Waals surface area contributed by atoms with Crippen LogP contribution in [0.25, 0.3) is 0 Å². The molecule has 0 N–H and O–H groups in total. The quantitative estimate of drug-likeness (QED) is 0.598. The highest BCUT2D eigenvalue weighted by Crippen LogP contribution is 2.21. The van der Waals surface area contributed by atoms with Crippen molar-refractivity contribution in [2.75, 3.05) is 7.05 Å². The Labute approximate surface area is 167 Å². The second kappa shape index (κ2) is 8.08. The molecule has 2 aromatic heterocycles. The van der Waals surface area contributed by atoms with Crippen LogP contribution in [0.4, 0.5) is 0 Å². The Bertz CT molecular complexity index is 942. The molecule has 27 heavy (non-hydrogen) atoms. The molecule has 0 spiro atoms. The van der Waals surface area contributed by atoms with Gasteiger partial charge in [-0.05, 0) is 60.5 Å². The summed E-state index contributed by atoms with van der Waals surface area (Å²) in [5.41, 5.74) is 4.89. The van der Waals surface area contributed by atoms with Crippen LogP contribution < -0.4 is 0 Å². The van der Waals surface area contributed by atoms with Crippen molar-refractivity contribution < 1.29 is 4.79 Å². The van der Waals surface area contributed by atoms with Crippen molar-refractivity contribution in [2.24, 2.45) is 0 Å². The van der Waals surface area contributed by atoms with Crippen molar-refractivity contribution in [1.82, 2.24) is 24.5 Å². The zero-order chi connectivity index (χ0) is 19.6. The first-order valence-corrected chi connectivity index (χ1v) is 9.74. The van der Waals surface area contributed by atoms with Crippen molar-refractivity contribution >= 4 is 21.8 Å². The molecule has 0 aliphatic rings. The van der Waals surface area contributed by atoms with Gasteiger partial charge in [-0.2, -0.15) is 10.2 Å². The van der Waals surface area contributed by atoms with Gasteiger partial charge in [0.15, 0.2) is 0 Å². The zero-order valence-electron chi connectivity index (χ0n) is 16.1. The van der Waals surface area contributed by atoms with E-state index in [9.17, 15) is 4.79 Å². The summed E-state index contributed by atoms with van der Waals surface area (Å²) in [6.07, 6.45) is 1.77. The lowest BCUT2D eigenvalue weighted by Gasteiger charge is -2.18. The summed E-state index contributed by atoms with van der Waals surface area (Å²) >= 11 is 3.55. The standard InChI is InChI=1S/C20H24BrN5O/c1-5-25-18(10-11-22-25)13-24(4)20(27)17-8-6-16(7-9-17)12-26-15(3)19(21)14(2)23-26/h6-11H,5,12-13H2,1-4H3. The predicted octanol–water partition coefficient (Wildman–Crippen LogP) is 3.80. The Morgan fingerprint density at radius 1 is 1.15 bits per heavy atom. The van der Waals surface area contributed by atoms with Crippen LogP contribution in [0.5, 0.6) is 0 Å². The number of halogens is 1. The number of aromatic nitrogens is 4. The maximum absolute atomic E-state index is 12.7. The largest absolute Gasteiger partial charge is 0.336 e. The average Bonchev–Trinajstić information content (AvgIpc) is 3.21. The molecule has 0 radical (unpaired) electrons. The second-order valence-corrected chi connectivity index (χ2v) is 7.43. The highest BCUT2D eigenvalue weighted by Gasteiger charge is 2.14. The minimum Gasteiger partial charge on any atom is -0.336 e. The van der Waals surface area contributed by atoms with Gasteiger partial charge in [-0.3, -0.25) is 14.2 Å². The number of carbonyl (C=O) groups is 1. The Kier molecular flexibility index (Phi) is 5.79. The van der Waals surface area contributed by atoms with Gasteiger partial charge in [0.2, 0.25) is 0 Å². The monoisotopic (exact) mass is 429 g/mol. The average molecular weight is 430 g/mol. The zero-order valence-corrected chi connectivity index (χ0v) is 17.7. The molecule has 2 heterocycles. The smallest absolute Gasteiger partial charge is 0.253 e. The maximum atomic E-state index is 12.7. The van der Waals surface area contributed by atoms with E-state index in [4.69, 9.17) is 0 Å². The van der Waals surface area contributed by atoms with Gasteiger partial charge < -0.3 is 4.90 Å². The molecule has 0 aliphatic carbocycles. The summed E-state index contributed by atoms with van der Waals surface area (Å²) in [7, 11) is 1.82. The molecule has 0 bridgehead atoms. The lowest BCUT2D eigenvalue weighted by molar-refractivity contribution is 0.0781. The van der Waals surface area contributed by atoms with Gasteiger partial charge in [-0.15, -0.1) is 0 Å². The van der Waals surface area contributed by atoms with Crippen LogP contribution in [0.3, 0.4) is 0 Å². The van der Waals surface area contributed by atoms with Gasteiger partial charge in [0.05, 0.1) is 34.6 Å². The van der Waals surface area contributed by atoms with Crippen molar-refractivity contribution in [3.05, 3.63) is 69.2 Å². The molecule has 3 aromatic rings. The fraction of sp³-hybridized carbons (Fsp3) is 0.350. The van der Waals surface area contributed by atoms with Gasteiger partial charge in [0, 0.05) is 25.4 Å². The predicted molar refractivity (Wildman–Crippen MR) is 109 cm³/mol. The first-order chi connectivity index (χ1) is 12.9. The molecule has 3 rings (SSSR count). The molecule has 6 nitrogen and oxygen atoms in total. The minimum atomic E-state index is -0.000684. The number of amides is 1. The molecule has 0 saturated carbocycles. The highest BCUT2D eigenvalue weighted by atomic mass is 79.9. The number of nitrogens with zero attached hydrogens (tertiary/aromatic N) is 5. The Morgan fingerprint density at radius 3 is 2.44 bits per heavy atom. The van der Waals surface area contributed by atoms with Crippen molar-refractivity contribution in [1.29, 1.82) is 0 Å². The van der Waals surface area contributed by atoms with Crippen molar-refractivity contribution in [3.63, 3.8) is 0 Å². The first kappa shape index (κ1) is 19.4. The number of rotatable bonds is 6. The summed E-state index contributed by atoms with van der Waals surface area (Å²) in [6.45, 7) is 8.07. The lowest BCUT2D eigenvalue weighted by Crippen LogP contribution is -2.27. The van der Waals surface area contributed by atoms with Crippen LogP contribution >= 0.6 is 15.9 Å². The van der Waals surface area contributed by atoms with Crippen LogP contribution in [-0.2, 0) is 19.6 Å². The third kappa shape index (κ3) is 4.13. The van der Waals surface area contributed by atoms with E-state index in [2.05, 4.69) is 26.1 Å². The van der Waals surface area contributed by atoms with Crippen LogP contribution in [0.15, 0.2) is 41.0 Å². The van der Waals surface area contributed by atoms with E-state index in [1.165, 1.54) is 0 Å². The van der Waals surface area contributed by atoms with Gasteiger partial charge in [0.1, 0.15) is 0 Å². The van der Waals surface area contributed by atoms with Gasteiger partial charge in [0.25, 0.3) is 5.91 Å². The molecule has 0 fully saturated rings. The number of aryl methyl sites for hydroxylation is 2. The molecular formula is C20H24BrN5O. The van der Waals surface area contributed by atoms with E-state index < -0.39 is 0 Å². The first-order valence-electron chi connectivity index (χ1n) is 8.95. The lowest BCUT2D eigenvalue weighted by atomic mass is 10.1. The number of hydrogen-bond acceptors (Lipinski definition) is 3. The Balaban J connectivity index is 1.68. The Hall–Kier alpha value is -2.41. The summed E-state index contributed by atoms with van der Waals surface area (Å²) in [4.78, 5) is 14.4. The van der Waals surface area contributed by atoms with E-state index in [0.717, 1.165) is 33.7 Å². The number of benzene rings is 1. The molecule has 7 heteroatoms. The van der Waals surface area contributed by atoms with Crippen molar-refractivity contribution in [2.45, 2.75) is 40.4 Å². The van der Waals surface area contributed by atoms with Crippen LogP contribution in [-0.4, -0.2) is 37.4 Å². The summed E-state index contributed by atoms with van der Waals surface area (Å²) < 4.78 is 4.91. The Morgan fingerprint density at radius 2 is 1.85 bits per heavy atom. The van der Waals surface area contributed by atoms with Crippen LogP contribution in [0.1, 0.15) is 39.9 Å². The van der Waals surface area contributed by atoms with Crippen LogP contribution in [0, 0.1) is 13.8 Å².